The smallest absolute Gasteiger partial charge is 0.462 e. The van der Waals surface area contributed by atoms with Crippen LogP contribution in [0.3, 0.4) is 0 Å². The summed E-state index contributed by atoms with van der Waals surface area (Å²) in [4.78, 5) is 72.9. The third-order valence-corrected chi connectivity index (χ3v) is 20.2. The van der Waals surface area contributed by atoms with E-state index in [9.17, 15) is 43.2 Å². The van der Waals surface area contributed by atoms with Crippen molar-refractivity contribution in [2.45, 2.75) is 432 Å². The fourth-order valence-corrected chi connectivity index (χ4v) is 13.6. The lowest BCUT2D eigenvalue weighted by Crippen LogP contribution is -2.30. The average Bonchev–Trinajstić information content (AvgIpc) is 1.77. The normalized spacial score (nSPS) is 13.9. The van der Waals surface area contributed by atoms with Crippen molar-refractivity contribution in [2.24, 2.45) is 5.92 Å². The molecule has 0 fully saturated rings. The summed E-state index contributed by atoms with van der Waals surface area (Å²) in [5.41, 5.74) is 0. The van der Waals surface area contributed by atoms with E-state index in [0.29, 0.717) is 25.7 Å². The van der Waals surface area contributed by atoms with E-state index in [-0.39, 0.29) is 25.7 Å². The summed E-state index contributed by atoms with van der Waals surface area (Å²) in [5.74, 6) is -1.31. The molecule has 0 spiro atoms. The minimum Gasteiger partial charge on any atom is -0.462 e. The van der Waals surface area contributed by atoms with E-state index >= 15 is 0 Å². The quantitative estimate of drug-likeness (QED) is 0.0222. The first kappa shape index (κ1) is 95.1. The number of carbonyl (C=O) groups is 4. The number of phosphoric acid groups is 2. The zero-order chi connectivity index (χ0) is 71.2. The predicted molar refractivity (Wildman–Crippen MR) is 395 cm³/mol. The molecule has 0 aromatic heterocycles. The maximum absolute atomic E-state index is 13.1. The number of hydrogen-bond donors (Lipinski definition) is 3. The van der Waals surface area contributed by atoms with Gasteiger partial charge in [-0.1, -0.05) is 362 Å². The Labute approximate surface area is 594 Å². The topological polar surface area (TPSA) is 237 Å². The van der Waals surface area contributed by atoms with Crippen LogP contribution < -0.4 is 0 Å². The lowest BCUT2D eigenvalue weighted by atomic mass is 10.0. The third-order valence-electron chi connectivity index (χ3n) is 18.3. The standard InChI is InChI=1S/C78H152O17P2/c1-6-9-12-15-18-21-23-25-27-30-34-37-42-47-52-57-62-76(81)89-68-74(95-78(83)64-59-54-49-44-39-35-31-28-29-32-36-41-45-50-55-60-71(4)5)70-93-97(86,87)91-66-72(79)65-90-96(84,85)92-69-73(67-88-75(80)61-56-51-46-40-20-17-14-11-8-3)94-77(82)63-58-53-48-43-38-33-26-24-22-19-16-13-10-7-2/h71-74,79H,6-70H2,1-5H3,(H,84,85)(H,86,87)/t72-,73+,74+/m0/s1. The van der Waals surface area contributed by atoms with E-state index in [1.165, 1.54) is 238 Å². The van der Waals surface area contributed by atoms with E-state index in [1.807, 2.05) is 0 Å². The molecule has 0 aromatic rings. The van der Waals surface area contributed by atoms with Gasteiger partial charge < -0.3 is 33.8 Å². The highest BCUT2D eigenvalue weighted by Crippen LogP contribution is 2.45. The molecular formula is C78H152O17P2. The lowest BCUT2D eigenvalue weighted by Gasteiger charge is -2.21. The van der Waals surface area contributed by atoms with E-state index in [0.717, 1.165) is 95.8 Å². The number of rotatable bonds is 78. The molecule has 0 bridgehead atoms. The van der Waals surface area contributed by atoms with Crippen LogP contribution in [0.2, 0.25) is 0 Å². The maximum Gasteiger partial charge on any atom is 0.472 e. The molecule has 0 heterocycles. The van der Waals surface area contributed by atoms with Gasteiger partial charge in [-0.2, -0.15) is 0 Å². The summed E-state index contributed by atoms with van der Waals surface area (Å²) < 4.78 is 68.6. The van der Waals surface area contributed by atoms with Gasteiger partial charge in [0, 0.05) is 25.7 Å². The molecule has 0 aliphatic carbocycles. The Bertz CT molecular complexity index is 1860. The second-order valence-corrected chi connectivity index (χ2v) is 31.5. The summed E-state index contributed by atoms with van der Waals surface area (Å²) in [7, 11) is -9.91. The molecule has 5 atom stereocenters. The second-order valence-electron chi connectivity index (χ2n) is 28.6. The molecule has 576 valence electrons. The molecule has 0 aliphatic heterocycles. The molecular weight excluding hydrogens is 1270 g/mol. The molecule has 3 N–H and O–H groups in total. The molecule has 0 rings (SSSR count). The minimum absolute atomic E-state index is 0.108. The molecule has 0 saturated heterocycles. The highest BCUT2D eigenvalue weighted by Gasteiger charge is 2.30. The average molecular weight is 1420 g/mol. The molecule has 2 unspecified atom stereocenters. The van der Waals surface area contributed by atoms with E-state index in [1.54, 1.807) is 0 Å². The number of hydrogen-bond acceptors (Lipinski definition) is 15. The number of unbranched alkanes of at least 4 members (excludes halogenated alkanes) is 50. The van der Waals surface area contributed by atoms with Gasteiger partial charge >= 0.3 is 39.5 Å². The molecule has 0 aliphatic rings. The number of aliphatic hydroxyl groups excluding tert-OH is 1. The fraction of sp³-hybridized carbons (Fsp3) is 0.949. The van der Waals surface area contributed by atoms with Gasteiger partial charge in [0.25, 0.3) is 0 Å². The molecule has 0 aromatic carbocycles. The number of phosphoric ester groups is 2. The number of ether oxygens (including phenoxy) is 4. The van der Waals surface area contributed by atoms with E-state index < -0.39 is 97.5 Å². The van der Waals surface area contributed by atoms with Crippen molar-refractivity contribution < 1.29 is 80.2 Å². The molecule has 17 nitrogen and oxygen atoms in total. The van der Waals surface area contributed by atoms with Gasteiger partial charge in [0.1, 0.15) is 19.3 Å². The van der Waals surface area contributed by atoms with Gasteiger partial charge in [-0.15, -0.1) is 0 Å². The van der Waals surface area contributed by atoms with Crippen molar-refractivity contribution in [2.75, 3.05) is 39.6 Å². The molecule has 0 radical (unpaired) electrons. The van der Waals surface area contributed by atoms with Crippen LogP contribution >= 0.6 is 15.6 Å². The van der Waals surface area contributed by atoms with Crippen molar-refractivity contribution in [3.63, 3.8) is 0 Å². The predicted octanol–water partition coefficient (Wildman–Crippen LogP) is 23.3. The van der Waals surface area contributed by atoms with Crippen LogP contribution in [0.5, 0.6) is 0 Å². The summed E-state index contributed by atoms with van der Waals surface area (Å²) in [6.45, 7) is 7.33. The van der Waals surface area contributed by atoms with Crippen LogP contribution in [0.1, 0.15) is 413 Å². The first-order valence-corrected chi connectivity index (χ1v) is 43.6. The number of carbonyl (C=O) groups excluding carboxylic acids is 4. The van der Waals surface area contributed by atoms with E-state index in [2.05, 4.69) is 34.6 Å². The summed E-state index contributed by atoms with van der Waals surface area (Å²) in [6, 6.07) is 0. The van der Waals surface area contributed by atoms with Crippen LogP contribution in [-0.2, 0) is 65.4 Å². The van der Waals surface area contributed by atoms with Crippen molar-refractivity contribution in [3.8, 4) is 0 Å². The van der Waals surface area contributed by atoms with Crippen molar-refractivity contribution in [1.29, 1.82) is 0 Å². The Morgan fingerprint density at radius 2 is 0.474 bits per heavy atom. The second kappa shape index (κ2) is 71.1. The monoisotopic (exact) mass is 1420 g/mol. The largest absolute Gasteiger partial charge is 0.472 e. The highest BCUT2D eigenvalue weighted by atomic mass is 31.2. The van der Waals surface area contributed by atoms with Gasteiger partial charge in [0.2, 0.25) is 0 Å². The first-order valence-electron chi connectivity index (χ1n) is 40.6. The third kappa shape index (κ3) is 72.2. The van der Waals surface area contributed by atoms with Crippen molar-refractivity contribution in [3.05, 3.63) is 0 Å². The maximum atomic E-state index is 13.1. The SMILES string of the molecule is CCCCCCCCCCCCCCCCCCC(=O)OC[C@H](COP(=O)(O)OC[C@@H](O)COP(=O)(O)OC[C@@H](COC(=O)CCCCCCCCCCC)OC(=O)CCCCCCCCCCCCCCCC)OC(=O)CCCCCCCCCCCCCCCCCC(C)C. The Hall–Kier alpha value is -1.94. The van der Waals surface area contributed by atoms with Gasteiger partial charge in [-0.3, -0.25) is 37.3 Å². The Kier molecular flexibility index (Phi) is 69.6. The van der Waals surface area contributed by atoms with Crippen LogP contribution in [-0.4, -0.2) is 96.7 Å². The summed E-state index contributed by atoms with van der Waals surface area (Å²) in [5, 5.41) is 10.6. The molecule has 19 heteroatoms. The zero-order valence-corrected chi connectivity index (χ0v) is 65.0. The Morgan fingerprint density at radius 3 is 0.701 bits per heavy atom. The molecule has 0 amide bonds. The van der Waals surface area contributed by atoms with Crippen molar-refractivity contribution >= 4 is 39.5 Å². The molecule has 0 saturated carbocycles. The lowest BCUT2D eigenvalue weighted by molar-refractivity contribution is -0.161. The number of esters is 4. The highest BCUT2D eigenvalue weighted by molar-refractivity contribution is 7.47. The minimum atomic E-state index is -4.96. The van der Waals surface area contributed by atoms with Crippen LogP contribution in [0.15, 0.2) is 0 Å². The van der Waals surface area contributed by atoms with Crippen molar-refractivity contribution in [1.82, 2.24) is 0 Å². The fourth-order valence-electron chi connectivity index (χ4n) is 12.1. The summed E-state index contributed by atoms with van der Waals surface area (Å²) >= 11 is 0. The summed E-state index contributed by atoms with van der Waals surface area (Å²) in [6.07, 6.45) is 60.9. The van der Waals surface area contributed by atoms with Crippen LogP contribution in [0, 0.1) is 5.92 Å². The Balaban J connectivity index is 5.23. The first-order chi connectivity index (χ1) is 47.0. The van der Waals surface area contributed by atoms with Gasteiger partial charge in [0.05, 0.1) is 26.4 Å². The van der Waals surface area contributed by atoms with Gasteiger partial charge in [0.15, 0.2) is 12.2 Å². The van der Waals surface area contributed by atoms with Crippen LogP contribution in [0.4, 0.5) is 0 Å². The zero-order valence-electron chi connectivity index (χ0n) is 63.2. The Morgan fingerprint density at radius 1 is 0.278 bits per heavy atom. The number of aliphatic hydroxyl groups is 1. The van der Waals surface area contributed by atoms with Crippen LogP contribution in [0.25, 0.3) is 0 Å². The van der Waals surface area contributed by atoms with Gasteiger partial charge in [-0.25, -0.2) is 9.13 Å². The van der Waals surface area contributed by atoms with Gasteiger partial charge in [-0.05, 0) is 31.6 Å². The van der Waals surface area contributed by atoms with E-state index in [4.69, 9.17) is 37.0 Å². The molecule has 97 heavy (non-hydrogen) atoms.